The second-order valence-corrected chi connectivity index (χ2v) is 3.58. The predicted octanol–water partition coefficient (Wildman–Crippen LogP) is 1.09. The number of cyclic esters (lactones) is 1. The molecule has 1 atom stereocenters. The molecule has 92 valence electrons. The third-order valence-electron chi connectivity index (χ3n) is 2.45. The van der Waals surface area contributed by atoms with Crippen LogP contribution in [0, 0.1) is 0 Å². The van der Waals surface area contributed by atoms with Crippen molar-refractivity contribution in [2.45, 2.75) is 6.04 Å². The molecule has 0 bridgehead atoms. The molecular formula is C11H13ClN2O3. The number of hydrogen-bond acceptors (Lipinski definition) is 4. The molecular weight excluding hydrogens is 244 g/mol. The summed E-state index contributed by atoms with van der Waals surface area (Å²) in [5.41, 5.74) is 6.78. The number of carbonyl (C=O) groups is 2. The standard InChI is InChI=1S/C11H12N2O3.ClH/c12-9(8-4-2-1-3-5-8)6-13-10(14)7-16-11(13)15;/h1-5,9H,6-7,12H2;1H. The van der Waals surface area contributed by atoms with Crippen LogP contribution in [0.1, 0.15) is 11.6 Å². The van der Waals surface area contributed by atoms with Crippen LogP contribution in [0.5, 0.6) is 0 Å². The summed E-state index contributed by atoms with van der Waals surface area (Å²) < 4.78 is 4.60. The summed E-state index contributed by atoms with van der Waals surface area (Å²) in [6.07, 6.45) is -0.614. The number of amides is 2. The first-order chi connectivity index (χ1) is 7.68. The molecule has 1 aliphatic rings. The Morgan fingerprint density at radius 1 is 1.29 bits per heavy atom. The van der Waals surface area contributed by atoms with E-state index < -0.39 is 6.09 Å². The maximum atomic E-state index is 11.3. The van der Waals surface area contributed by atoms with Crippen molar-refractivity contribution in [3.8, 4) is 0 Å². The lowest BCUT2D eigenvalue weighted by atomic mass is 10.1. The van der Waals surface area contributed by atoms with Crippen LogP contribution in [0.3, 0.4) is 0 Å². The smallest absolute Gasteiger partial charge is 0.417 e. The van der Waals surface area contributed by atoms with Crippen molar-refractivity contribution >= 4 is 24.4 Å². The van der Waals surface area contributed by atoms with Crippen LogP contribution in [0.15, 0.2) is 30.3 Å². The lowest BCUT2D eigenvalue weighted by Crippen LogP contribution is -2.36. The van der Waals surface area contributed by atoms with E-state index in [0.717, 1.165) is 10.5 Å². The Labute approximate surface area is 105 Å². The van der Waals surface area contributed by atoms with E-state index in [1.165, 1.54) is 0 Å². The Hall–Kier alpha value is -1.59. The number of rotatable bonds is 3. The molecule has 1 aromatic rings. The average molecular weight is 257 g/mol. The van der Waals surface area contributed by atoms with Gasteiger partial charge in [0.25, 0.3) is 5.91 Å². The molecule has 0 radical (unpaired) electrons. The van der Waals surface area contributed by atoms with Gasteiger partial charge in [0, 0.05) is 6.04 Å². The van der Waals surface area contributed by atoms with Gasteiger partial charge in [-0.25, -0.2) is 9.69 Å². The van der Waals surface area contributed by atoms with E-state index in [4.69, 9.17) is 5.73 Å². The normalized spacial score (nSPS) is 16.4. The van der Waals surface area contributed by atoms with E-state index >= 15 is 0 Å². The first-order valence-electron chi connectivity index (χ1n) is 4.96. The molecule has 1 aliphatic heterocycles. The number of carbonyl (C=O) groups excluding carboxylic acids is 2. The summed E-state index contributed by atoms with van der Waals surface area (Å²) in [6.45, 7) is -0.0258. The summed E-state index contributed by atoms with van der Waals surface area (Å²) in [7, 11) is 0. The third-order valence-corrected chi connectivity index (χ3v) is 2.45. The number of ether oxygens (including phenoxy) is 1. The quantitative estimate of drug-likeness (QED) is 0.879. The van der Waals surface area contributed by atoms with Gasteiger partial charge in [0.2, 0.25) is 0 Å². The van der Waals surface area contributed by atoms with Gasteiger partial charge in [-0.1, -0.05) is 30.3 Å². The Balaban J connectivity index is 0.00000144. The minimum atomic E-state index is -0.614. The van der Waals surface area contributed by atoms with Crippen molar-refractivity contribution in [3.05, 3.63) is 35.9 Å². The molecule has 2 rings (SSSR count). The maximum absolute atomic E-state index is 11.3. The van der Waals surface area contributed by atoms with Crippen molar-refractivity contribution in [1.82, 2.24) is 4.90 Å². The minimum Gasteiger partial charge on any atom is -0.439 e. The van der Waals surface area contributed by atoms with Gasteiger partial charge >= 0.3 is 6.09 Å². The molecule has 1 heterocycles. The zero-order valence-electron chi connectivity index (χ0n) is 9.04. The molecule has 6 heteroatoms. The van der Waals surface area contributed by atoms with Crippen LogP contribution in [0.25, 0.3) is 0 Å². The van der Waals surface area contributed by atoms with Crippen molar-refractivity contribution in [1.29, 1.82) is 0 Å². The highest BCUT2D eigenvalue weighted by molar-refractivity contribution is 5.97. The Morgan fingerprint density at radius 2 is 1.94 bits per heavy atom. The average Bonchev–Trinajstić information content (AvgIpc) is 2.62. The van der Waals surface area contributed by atoms with Crippen molar-refractivity contribution in [2.75, 3.05) is 13.2 Å². The molecule has 0 saturated carbocycles. The van der Waals surface area contributed by atoms with Gasteiger partial charge < -0.3 is 10.5 Å². The first kappa shape index (κ1) is 13.5. The number of benzene rings is 1. The van der Waals surface area contributed by atoms with Crippen molar-refractivity contribution in [2.24, 2.45) is 5.73 Å². The van der Waals surface area contributed by atoms with Crippen LogP contribution >= 0.6 is 12.4 Å². The monoisotopic (exact) mass is 256 g/mol. The van der Waals surface area contributed by atoms with E-state index in [2.05, 4.69) is 4.74 Å². The van der Waals surface area contributed by atoms with Crippen LogP contribution in [0.4, 0.5) is 4.79 Å². The second-order valence-electron chi connectivity index (χ2n) is 3.58. The topological polar surface area (TPSA) is 72.6 Å². The molecule has 17 heavy (non-hydrogen) atoms. The highest BCUT2D eigenvalue weighted by Gasteiger charge is 2.32. The van der Waals surface area contributed by atoms with Gasteiger partial charge in [0.05, 0.1) is 6.54 Å². The Bertz CT molecular complexity index is 394. The SMILES string of the molecule is Cl.NC(CN1C(=O)COC1=O)c1ccccc1. The van der Waals surface area contributed by atoms with Gasteiger partial charge in [0.1, 0.15) is 0 Å². The number of nitrogens with two attached hydrogens (primary N) is 1. The van der Waals surface area contributed by atoms with Crippen LogP contribution in [-0.4, -0.2) is 30.1 Å². The van der Waals surface area contributed by atoms with Gasteiger partial charge in [-0.05, 0) is 5.56 Å². The fourth-order valence-electron chi connectivity index (χ4n) is 1.56. The lowest BCUT2D eigenvalue weighted by molar-refractivity contribution is -0.126. The molecule has 2 N–H and O–H groups in total. The third kappa shape index (κ3) is 2.95. The number of nitrogens with zero attached hydrogens (tertiary/aromatic N) is 1. The van der Waals surface area contributed by atoms with Gasteiger partial charge in [-0.2, -0.15) is 0 Å². The van der Waals surface area contributed by atoms with E-state index in [0.29, 0.717) is 0 Å². The van der Waals surface area contributed by atoms with Crippen LogP contribution < -0.4 is 5.73 Å². The molecule has 2 amide bonds. The second kappa shape index (κ2) is 5.65. The zero-order valence-corrected chi connectivity index (χ0v) is 9.85. The van der Waals surface area contributed by atoms with Gasteiger partial charge in [-0.3, -0.25) is 4.79 Å². The molecule has 0 spiro atoms. The molecule has 0 aliphatic carbocycles. The largest absolute Gasteiger partial charge is 0.439 e. The summed E-state index contributed by atoms with van der Waals surface area (Å²) in [4.78, 5) is 23.5. The number of hydrogen-bond donors (Lipinski definition) is 1. The maximum Gasteiger partial charge on any atom is 0.417 e. The molecule has 1 saturated heterocycles. The molecule has 1 fully saturated rings. The molecule has 1 unspecified atom stereocenters. The predicted molar refractivity (Wildman–Crippen MR) is 63.7 cm³/mol. The first-order valence-corrected chi connectivity index (χ1v) is 4.96. The summed E-state index contributed by atoms with van der Waals surface area (Å²) in [5, 5.41) is 0. The fourth-order valence-corrected chi connectivity index (χ4v) is 1.56. The van der Waals surface area contributed by atoms with Gasteiger partial charge in [0.15, 0.2) is 6.61 Å². The van der Waals surface area contributed by atoms with Crippen LogP contribution in [0.2, 0.25) is 0 Å². The highest BCUT2D eigenvalue weighted by Crippen LogP contribution is 2.14. The molecule has 1 aromatic carbocycles. The summed E-state index contributed by atoms with van der Waals surface area (Å²) >= 11 is 0. The van der Waals surface area contributed by atoms with E-state index in [1.54, 1.807) is 0 Å². The van der Waals surface area contributed by atoms with Crippen molar-refractivity contribution in [3.63, 3.8) is 0 Å². The Morgan fingerprint density at radius 3 is 2.47 bits per heavy atom. The number of imide groups is 1. The lowest BCUT2D eigenvalue weighted by Gasteiger charge is -2.17. The molecule has 5 nitrogen and oxygen atoms in total. The minimum absolute atomic E-state index is 0. The summed E-state index contributed by atoms with van der Waals surface area (Å²) in [6, 6.07) is 8.94. The fraction of sp³-hybridized carbons (Fsp3) is 0.273. The van der Waals surface area contributed by atoms with Crippen LogP contribution in [-0.2, 0) is 9.53 Å². The van der Waals surface area contributed by atoms with E-state index in [1.807, 2.05) is 30.3 Å². The van der Waals surface area contributed by atoms with E-state index in [-0.39, 0.29) is 37.5 Å². The number of halogens is 1. The van der Waals surface area contributed by atoms with Gasteiger partial charge in [-0.15, -0.1) is 12.4 Å². The van der Waals surface area contributed by atoms with E-state index in [9.17, 15) is 9.59 Å². The van der Waals surface area contributed by atoms with Crippen molar-refractivity contribution < 1.29 is 14.3 Å². The summed E-state index contributed by atoms with van der Waals surface area (Å²) in [5.74, 6) is -0.337. The highest BCUT2D eigenvalue weighted by atomic mass is 35.5. The molecule has 0 aromatic heterocycles. The zero-order chi connectivity index (χ0) is 11.5. The Kier molecular flexibility index (Phi) is 4.48.